The first-order valence-electron chi connectivity index (χ1n) is 9.84. The van der Waals surface area contributed by atoms with Crippen LogP contribution in [0.25, 0.3) is 11.3 Å². The number of carbonyl (C=O) groups is 1. The van der Waals surface area contributed by atoms with Crippen LogP contribution in [0.1, 0.15) is 20.9 Å². The van der Waals surface area contributed by atoms with Gasteiger partial charge in [-0.3, -0.25) is 14.5 Å². The molecular weight excluding hydrogens is 463 g/mol. The first-order valence-corrected chi connectivity index (χ1v) is 12.2. The van der Waals surface area contributed by atoms with Crippen molar-refractivity contribution in [3.63, 3.8) is 0 Å². The normalized spacial score (nSPS) is 11.2. The molecule has 0 saturated heterocycles. The lowest BCUT2D eigenvalue weighted by molar-refractivity contribution is 0.0950. The summed E-state index contributed by atoms with van der Waals surface area (Å²) >= 11 is 1.42. The third kappa shape index (κ3) is 5.41. The summed E-state index contributed by atoms with van der Waals surface area (Å²) in [6.07, 6.45) is 3.37. The standard InChI is InChI=1S/C23H19FN4O3S2/c1-15-2-7-19(33(30,31)28-18-5-3-17(24)4-6-18)12-20(15)23(29)26-13-22-27-21(14-32-22)16-8-10-25-11-9-16/h2-12,14,28H,13H2,1H3,(H,26,29). The molecule has 2 aromatic carbocycles. The predicted octanol–water partition coefficient (Wildman–Crippen LogP) is 4.38. The fourth-order valence-corrected chi connectivity index (χ4v) is 4.87. The molecule has 2 heterocycles. The number of sulfonamides is 1. The Balaban J connectivity index is 1.47. The first kappa shape index (κ1) is 22.6. The van der Waals surface area contributed by atoms with E-state index in [1.165, 1.54) is 35.6 Å². The van der Waals surface area contributed by atoms with E-state index in [0.717, 1.165) is 28.4 Å². The Bertz CT molecular complexity index is 1390. The highest BCUT2D eigenvalue weighted by atomic mass is 32.2. The van der Waals surface area contributed by atoms with E-state index in [2.05, 4.69) is 20.0 Å². The lowest BCUT2D eigenvalue weighted by Crippen LogP contribution is -2.24. The summed E-state index contributed by atoms with van der Waals surface area (Å²) in [7, 11) is -3.96. The number of nitrogens with one attached hydrogen (secondary N) is 2. The van der Waals surface area contributed by atoms with Crippen LogP contribution in [0, 0.1) is 12.7 Å². The lowest BCUT2D eigenvalue weighted by Gasteiger charge is -2.11. The van der Waals surface area contributed by atoms with Gasteiger partial charge < -0.3 is 5.32 Å². The minimum Gasteiger partial charge on any atom is -0.346 e. The second-order valence-electron chi connectivity index (χ2n) is 7.13. The zero-order valence-corrected chi connectivity index (χ0v) is 19.1. The number of aryl methyl sites for hydroxylation is 1. The Morgan fingerprint density at radius 3 is 2.52 bits per heavy atom. The second kappa shape index (κ2) is 9.47. The monoisotopic (exact) mass is 482 g/mol. The van der Waals surface area contributed by atoms with Crippen LogP contribution in [0.15, 0.2) is 77.3 Å². The molecule has 0 atom stereocenters. The fourth-order valence-electron chi connectivity index (χ4n) is 3.04. The van der Waals surface area contributed by atoms with E-state index >= 15 is 0 Å². The highest BCUT2D eigenvalue weighted by Crippen LogP contribution is 2.22. The fraction of sp³-hybridized carbons (Fsp3) is 0.0870. The van der Waals surface area contributed by atoms with Gasteiger partial charge in [-0.2, -0.15) is 0 Å². The first-order chi connectivity index (χ1) is 15.8. The van der Waals surface area contributed by atoms with Gasteiger partial charge >= 0.3 is 0 Å². The number of nitrogens with zero attached hydrogens (tertiary/aromatic N) is 2. The topological polar surface area (TPSA) is 101 Å². The number of amides is 1. The van der Waals surface area contributed by atoms with Gasteiger partial charge in [0.15, 0.2) is 0 Å². The van der Waals surface area contributed by atoms with Crippen molar-refractivity contribution in [2.45, 2.75) is 18.4 Å². The molecule has 0 aliphatic carbocycles. The molecule has 1 amide bonds. The molecule has 4 rings (SSSR count). The Hall–Kier alpha value is -3.63. The maximum atomic E-state index is 13.1. The second-order valence-corrected chi connectivity index (χ2v) is 9.76. The Morgan fingerprint density at radius 1 is 1.06 bits per heavy atom. The molecule has 168 valence electrons. The highest BCUT2D eigenvalue weighted by molar-refractivity contribution is 7.92. The minimum absolute atomic E-state index is 0.0724. The molecule has 0 fully saturated rings. The predicted molar refractivity (Wildman–Crippen MR) is 125 cm³/mol. The van der Waals surface area contributed by atoms with Crippen molar-refractivity contribution < 1.29 is 17.6 Å². The maximum Gasteiger partial charge on any atom is 0.261 e. The van der Waals surface area contributed by atoms with E-state index in [1.807, 2.05) is 17.5 Å². The third-order valence-corrected chi connectivity index (χ3v) is 7.02. The summed E-state index contributed by atoms with van der Waals surface area (Å²) in [4.78, 5) is 21.2. The van der Waals surface area contributed by atoms with Gasteiger partial charge in [0.1, 0.15) is 10.8 Å². The van der Waals surface area contributed by atoms with Crippen molar-refractivity contribution in [3.05, 3.63) is 94.3 Å². The van der Waals surface area contributed by atoms with Crippen molar-refractivity contribution in [1.82, 2.24) is 15.3 Å². The third-order valence-electron chi connectivity index (χ3n) is 4.79. The largest absolute Gasteiger partial charge is 0.346 e. The molecule has 0 radical (unpaired) electrons. The van der Waals surface area contributed by atoms with E-state index in [9.17, 15) is 17.6 Å². The zero-order chi connectivity index (χ0) is 23.4. The van der Waals surface area contributed by atoms with Crippen LogP contribution in [0.4, 0.5) is 10.1 Å². The molecule has 0 saturated carbocycles. The minimum atomic E-state index is -3.96. The number of pyridine rings is 1. The lowest BCUT2D eigenvalue weighted by atomic mass is 10.1. The van der Waals surface area contributed by atoms with Crippen LogP contribution in [-0.2, 0) is 16.6 Å². The summed E-state index contributed by atoms with van der Waals surface area (Å²) in [5.41, 5.74) is 2.81. The number of thiazole rings is 1. The molecule has 0 bridgehead atoms. The van der Waals surface area contributed by atoms with E-state index in [0.29, 0.717) is 5.56 Å². The summed E-state index contributed by atoms with van der Waals surface area (Å²) in [6.45, 7) is 1.93. The van der Waals surface area contributed by atoms with Crippen LogP contribution in [0.3, 0.4) is 0 Å². The summed E-state index contributed by atoms with van der Waals surface area (Å²) < 4.78 is 40.9. The average molecular weight is 483 g/mol. The number of hydrogen-bond acceptors (Lipinski definition) is 6. The number of carbonyl (C=O) groups excluding carboxylic acids is 1. The van der Waals surface area contributed by atoms with Crippen molar-refractivity contribution in [2.75, 3.05) is 4.72 Å². The molecule has 2 aromatic heterocycles. The van der Waals surface area contributed by atoms with E-state index in [-0.39, 0.29) is 22.7 Å². The van der Waals surface area contributed by atoms with Gasteiger partial charge in [0.25, 0.3) is 15.9 Å². The van der Waals surface area contributed by atoms with Gasteiger partial charge in [-0.1, -0.05) is 6.07 Å². The highest BCUT2D eigenvalue weighted by Gasteiger charge is 2.19. The van der Waals surface area contributed by atoms with E-state index in [4.69, 9.17) is 0 Å². The Labute approximate surface area is 194 Å². The van der Waals surface area contributed by atoms with Crippen molar-refractivity contribution in [3.8, 4) is 11.3 Å². The number of rotatable bonds is 7. The molecule has 0 unspecified atom stereocenters. The van der Waals surface area contributed by atoms with Crippen molar-refractivity contribution in [1.29, 1.82) is 0 Å². The van der Waals surface area contributed by atoms with Crippen molar-refractivity contribution >= 4 is 33.0 Å². The Morgan fingerprint density at radius 2 is 1.79 bits per heavy atom. The van der Waals surface area contributed by atoms with Gasteiger partial charge in [0.05, 0.1) is 17.1 Å². The molecule has 10 heteroatoms. The van der Waals surface area contributed by atoms with E-state index in [1.54, 1.807) is 25.4 Å². The molecule has 0 spiro atoms. The molecule has 2 N–H and O–H groups in total. The van der Waals surface area contributed by atoms with Crippen LogP contribution in [-0.4, -0.2) is 24.3 Å². The number of halogens is 1. The van der Waals surface area contributed by atoms with Gasteiger partial charge in [-0.25, -0.2) is 17.8 Å². The van der Waals surface area contributed by atoms with Gasteiger partial charge in [-0.05, 0) is 61.0 Å². The van der Waals surface area contributed by atoms with Crippen LogP contribution >= 0.6 is 11.3 Å². The quantitative estimate of drug-likeness (QED) is 0.407. The Kier molecular flexibility index (Phi) is 6.47. The number of anilines is 1. The molecule has 33 heavy (non-hydrogen) atoms. The summed E-state index contributed by atoms with van der Waals surface area (Å²) in [5.74, 6) is -0.882. The molecule has 7 nitrogen and oxygen atoms in total. The number of benzene rings is 2. The van der Waals surface area contributed by atoms with Gasteiger partial charge in [0, 0.05) is 34.6 Å². The smallest absolute Gasteiger partial charge is 0.261 e. The molecule has 0 aliphatic heterocycles. The van der Waals surface area contributed by atoms with E-state index < -0.39 is 21.7 Å². The average Bonchev–Trinajstić information content (AvgIpc) is 3.29. The summed E-state index contributed by atoms with van der Waals surface area (Å²) in [6, 6.07) is 13.0. The molecule has 4 aromatic rings. The van der Waals surface area contributed by atoms with Gasteiger partial charge in [-0.15, -0.1) is 11.3 Å². The maximum absolute atomic E-state index is 13.1. The van der Waals surface area contributed by atoms with Gasteiger partial charge in [0.2, 0.25) is 0 Å². The van der Waals surface area contributed by atoms with Crippen LogP contribution in [0.2, 0.25) is 0 Å². The molecule has 0 aliphatic rings. The van der Waals surface area contributed by atoms with Crippen LogP contribution < -0.4 is 10.0 Å². The van der Waals surface area contributed by atoms with Crippen molar-refractivity contribution in [2.24, 2.45) is 0 Å². The van der Waals surface area contributed by atoms with Crippen LogP contribution in [0.5, 0.6) is 0 Å². The zero-order valence-electron chi connectivity index (χ0n) is 17.4. The molecular formula is C23H19FN4O3S2. The SMILES string of the molecule is Cc1ccc(S(=O)(=O)Nc2ccc(F)cc2)cc1C(=O)NCc1nc(-c2ccncc2)cs1. The number of aromatic nitrogens is 2. The number of hydrogen-bond donors (Lipinski definition) is 2. The summed E-state index contributed by atoms with van der Waals surface area (Å²) in [5, 5.41) is 5.41.